The molecule has 0 fully saturated rings. The molecule has 0 unspecified atom stereocenters. The molecule has 17 heavy (non-hydrogen) atoms. The number of carbonyl (C=O) groups is 1. The van der Waals surface area contributed by atoms with Gasteiger partial charge in [-0.2, -0.15) is 0 Å². The predicted octanol–water partition coefficient (Wildman–Crippen LogP) is 1.86. The van der Waals surface area contributed by atoms with Gasteiger partial charge in [0.25, 0.3) is 0 Å². The van der Waals surface area contributed by atoms with Crippen molar-refractivity contribution < 1.29 is 13.9 Å². The number of carbonyl (C=O) groups excluding carboxylic acids is 1. The van der Waals surface area contributed by atoms with Gasteiger partial charge >= 0.3 is 5.97 Å². The standard InChI is InChI=1S/C12H11FN2O2/c1-17-12(16)11-3-2-6-15(11)8-9-4-5-14-7-10(9)13/h2-7H,8H2,1H3. The molecule has 2 aromatic rings. The Morgan fingerprint density at radius 1 is 1.53 bits per heavy atom. The molecule has 4 nitrogen and oxygen atoms in total. The number of hydrogen-bond acceptors (Lipinski definition) is 3. The van der Waals surface area contributed by atoms with Gasteiger partial charge in [-0.3, -0.25) is 4.98 Å². The normalized spacial score (nSPS) is 10.2. The van der Waals surface area contributed by atoms with Gasteiger partial charge in [0.15, 0.2) is 0 Å². The molecule has 88 valence electrons. The van der Waals surface area contributed by atoms with Crippen LogP contribution in [0.5, 0.6) is 0 Å². The van der Waals surface area contributed by atoms with Crippen LogP contribution in [0.1, 0.15) is 16.1 Å². The number of aromatic nitrogens is 2. The summed E-state index contributed by atoms with van der Waals surface area (Å²) in [6.45, 7) is 0.270. The van der Waals surface area contributed by atoms with Crippen LogP contribution in [0.15, 0.2) is 36.8 Å². The van der Waals surface area contributed by atoms with Crippen LogP contribution in [0.4, 0.5) is 4.39 Å². The van der Waals surface area contributed by atoms with E-state index in [1.54, 1.807) is 29.0 Å². The van der Waals surface area contributed by atoms with E-state index in [2.05, 4.69) is 9.72 Å². The number of methoxy groups -OCH3 is 1. The number of nitrogens with zero attached hydrogens (tertiary/aromatic N) is 2. The Morgan fingerprint density at radius 3 is 3.06 bits per heavy atom. The molecule has 0 amide bonds. The monoisotopic (exact) mass is 234 g/mol. The molecule has 0 aliphatic carbocycles. The molecule has 0 N–H and O–H groups in total. The first-order chi connectivity index (χ1) is 8.22. The average Bonchev–Trinajstić information content (AvgIpc) is 2.79. The number of esters is 1. The summed E-state index contributed by atoms with van der Waals surface area (Å²) in [7, 11) is 1.31. The molecule has 0 radical (unpaired) electrons. The highest BCUT2D eigenvalue weighted by Crippen LogP contribution is 2.11. The van der Waals surface area contributed by atoms with Crippen LogP contribution in [0.2, 0.25) is 0 Å². The highest BCUT2D eigenvalue weighted by molar-refractivity contribution is 5.87. The molecule has 2 aromatic heterocycles. The van der Waals surface area contributed by atoms with Crippen LogP contribution in [0.3, 0.4) is 0 Å². The lowest BCUT2D eigenvalue weighted by atomic mass is 10.2. The number of rotatable bonds is 3. The lowest BCUT2D eigenvalue weighted by molar-refractivity contribution is 0.0589. The average molecular weight is 234 g/mol. The van der Waals surface area contributed by atoms with Crippen molar-refractivity contribution in [2.75, 3.05) is 7.11 Å². The van der Waals surface area contributed by atoms with Crippen LogP contribution >= 0.6 is 0 Å². The van der Waals surface area contributed by atoms with Crippen LogP contribution in [0.25, 0.3) is 0 Å². The van der Waals surface area contributed by atoms with Crippen LogP contribution in [-0.2, 0) is 11.3 Å². The summed E-state index contributed by atoms with van der Waals surface area (Å²) in [4.78, 5) is 15.1. The molecular formula is C12H11FN2O2. The minimum atomic E-state index is -0.440. The Labute approximate surface area is 97.7 Å². The maximum absolute atomic E-state index is 13.4. The number of ether oxygens (including phenoxy) is 1. The zero-order valence-electron chi connectivity index (χ0n) is 9.26. The first-order valence-corrected chi connectivity index (χ1v) is 5.04. The fraction of sp³-hybridized carbons (Fsp3) is 0.167. The van der Waals surface area contributed by atoms with Gasteiger partial charge in [0.2, 0.25) is 0 Å². The second-order valence-electron chi connectivity index (χ2n) is 3.48. The van der Waals surface area contributed by atoms with Gasteiger partial charge in [-0.05, 0) is 18.2 Å². The van der Waals surface area contributed by atoms with Crippen molar-refractivity contribution in [3.63, 3.8) is 0 Å². The summed E-state index contributed by atoms with van der Waals surface area (Å²) >= 11 is 0. The number of halogens is 1. The highest BCUT2D eigenvalue weighted by atomic mass is 19.1. The second-order valence-corrected chi connectivity index (χ2v) is 3.48. The molecule has 2 heterocycles. The van der Waals surface area contributed by atoms with E-state index in [9.17, 15) is 9.18 Å². The van der Waals surface area contributed by atoms with E-state index in [1.165, 1.54) is 13.3 Å². The number of pyridine rings is 1. The molecule has 0 aliphatic heterocycles. The van der Waals surface area contributed by atoms with E-state index in [1.807, 2.05) is 0 Å². The summed E-state index contributed by atoms with van der Waals surface area (Å²) < 4.78 is 19.7. The summed E-state index contributed by atoms with van der Waals surface area (Å²) in [5.74, 6) is -0.832. The predicted molar refractivity (Wildman–Crippen MR) is 59.1 cm³/mol. The molecular weight excluding hydrogens is 223 g/mol. The minimum Gasteiger partial charge on any atom is -0.464 e. The lowest BCUT2D eigenvalue weighted by Crippen LogP contribution is -2.11. The van der Waals surface area contributed by atoms with E-state index in [-0.39, 0.29) is 6.54 Å². The largest absolute Gasteiger partial charge is 0.464 e. The van der Waals surface area contributed by atoms with Crippen molar-refractivity contribution in [1.82, 2.24) is 9.55 Å². The SMILES string of the molecule is COC(=O)c1cccn1Cc1ccncc1F. The smallest absolute Gasteiger partial charge is 0.354 e. The fourth-order valence-electron chi connectivity index (χ4n) is 1.56. The van der Waals surface area contributed by atoms with E-state index < -0.39 is 11.8 Å². The molecule has 0 spiro atoms. The van der Waals surface area contributed by atoms with Crippen LogP contribution in [-0.4, -0.2) is 22.6 Å². The Kier molecular flexibility index (Phi) is 3.18. The van der Waals surface area contributed by atoms with Crippen molar-refractivity contribution in [1.29, 1.82) is 0 Å². The molecule has 5 heteroatoms. The van der Waals surface area contributed by atoms with Gasteiger partial charge in [0.1, 0.15) is 11.5 Å². The first kappa shape index (κ1) is 11.3. The number of hydrogen-bond donors (Lipinski definition) is 0. The molecule has 0 saturated carbocycles. The maximum atomic E-state index is 13.4. The summed E-state index contributed by atoms with van der Waals surface area (Å²) in [6.07, 6.45) is 4.36. The van der Waals surface area contributed by atoms with Crippen molar-refractivity contribution in [3.8, 4) is 0 Å². The fourth-order valence-corrected chi connectivity index (χ4v) is 1.56. The summed E-state index contributed by atoms with van der Waals surface area (Å²) in [6, 6.07) is 4.92. The Balaban J connectivity index is 2.28. The third-order valence-corrected chi connectivity index (χ3v) is 2.42. The van der Waals surface area contributed by atoms with Gasteiger partial charge in [-0.15, -0.1) is 0 Å². The van der Waals surface area contributed by atoms with E-state index in [4.69, 9.17) is 0 Å². The summed E-state index contributed by atoms with van der Waals surface area (Å²) in [5.41, 5.74) is 0.866. The summed E-state index contributed by atoms with van der Waals surface area (Å²) in [5, 5.41) is 0. The first-order valence-electron chi connectivity index (χ1n) is 5.04. The molecule has 2 rings (SSSR count). The molecule has 0 saturated heterocycles. The van der Waals surface area contributed by atoms with E-state index in [0.29, 0.717) is 11.3 Å². The van der Waals surface area contributed by atoms with E-state index >= 15 is 0 Å². The van der Waals surface area contributed by atoms with Gasteiger partial charge < -0.3 is 9.30 Å². The third kappa shape index (κ3) is 2.33. The quantitative estimate of drug-likeness (QED) is 0.761. The molecule has 0 aliphatic rings. The van der Waals surface area contributed by atoms with Crippen molar-refractivity contribution in [3.05, 3.63) is 53.9 Å². The van der Waals surface area contributed by atoms with Gasteiger partial charge in [-0.1, -0.05) is 0 Å². The zero-order chi connectivity index (χ0) is 12.3. The third-order valence-electron chi connectivity index (χ3n) is 2.42. The topological polar surface area (TPSA) is 44.1 Å². The van der Waals surface area contributed by atoms with Crippen LogP contribution in [0, 0.1) is 5.82 Å². The molecule has 0 atom stereocenters. The van der Waals surface area contributed by atoms with Gasteiger partial charge in [-0.25, -0.2) is 9.18 Å². The Morgan fingerprint density at radius 2 is 2.35 bits per heavy atom. The van der Waals surface area contributed by atoms with Crippen molar-refractivity contribution >= 4 is 5.97 Å². The van der Waals surface area contributed by atoms with E-state index in [0.717, 1.165) is 6.20 Å². The Hall–Kier alpha value is -2.17. The lowest BCUT2D eigenvalue weighted by Gasteiger charge is -2.08. The van der Waals surface area contributed by atoms with Gasteiger partial charge in [0, 0.05) is 18.0 Å². The second kappa shape index (κ2) is 4.78. The van der Waals surface area contributed by atoms with Crippen LogP contribution < -0.4 is 0 Å². The maximum Gasteiger partial charge on any atom is 0.354 e. The Bertz CT molecular complexity index is 537. The molecule has 0 bridgehead atoms. The van der Waals surface area contributed by atoms with Crippen molar-refractivity contribution in [2.24, 2.45) is 0 Å². The highest BCUT2D eigenvalue weighted by Gasteiger charge is 2.12. The van der Waals surface area contributed by atoms with Crippen molar-refractivity contribution in [2.45, 2.75) is 6.54 Å². The minimum absolute atomic E-state index is 0.270. The molecule has 0 aromatic carbocycles. The van der Waals surface area contributed by atoms with Gasteiger partial charge in [0.05, 0.1) is 19.9 Å². The zero-order valence-corrected chi connectivity index (χ0v) is 9.26.